The summed E-state index contributed by atoms with van der Waals surface area (Å²) in [5.41, 5.74) is 4.68. The Morgan fingerprint density at radius 3 is 1.22 bits per heavy atom. The van der Waals surface area contributed by atoms with Gasteiger partial charge in [0.05, 0.1) is 0 Å². The first-order valence-electron chi connectivity index (χ1n) is 17.9. The minimum Gasteiger partial charge on any atom is -0.486 e. The topological polar surface area (TPSA) is 73.8 Å². The van der Waals surface area contributed by atoms with E-state index in [-0.39, 0.29) is 0 Å². The van der Waals surface area contributed by atoms with Gasteiger partial charge in [0.1, 0.15) is 26.4 Å². The van der Waals surface area contributed by atoms with E-state index < -0.39 is 0 Å². The lowest BCUT2D eigenvalue weighted by atomic mass is 10.2. The molecule has 0 saturated carbocycles. The average molecular weight is 693 g/mol. The van der Waals surface area contributed by atoms with Crippen LogP contribution in [0, 0.1) is 27.7 Å². The minimum absolute atomic E-state index is 0.360. The molecular formula is C42H60O8. The Balaban J connectivity index is 0.000000312. The van der Waals surface area contributed by atoms with E-state index >= 15 is 0 Å². The number of rotatable bonds is 0. The maximum atomic E-state index is 5.43. The first kappa shape index (κ1) is 43.3. The molecule has 0 fully saturated rings. The van der Waals surface area contributed by atoms with Crippen LogP contribution in [0.1, 0.15) is 77.6 Å². The third-order valence-corrected chi connectivity index (χ3v) is 6.58. The summed E-state index contributed by atoms with van der Waals surface area (Å²) < 4.78 is 42.2. The third kappa shape index (κ3) is 13.7. The van der Waals surface area contributed by atoms with Crippen molar-refractivity contribution in [3.8, 4) is 46.0 Å². The molecule has 50 heavy (non-hydrogen) atoms. The van der Waals surface area contributed by atoms with Gasteiger partial charge in [-0.3, -0.25) is 0 Å². The molecule has 4 aliphatic rings. The predicted octanol–water partition coefficient (Wildman–Crippen LogP) is 11.1. The molecule has 0 unspecified atom stereocenters. The standard InChI is InChI=1S/2C9H10O2.2C8H8O2.4C2H6/c1-7-2-3-8-9(6-7)11-5-4-10-8;1-7-3-2-4-8-9(7)11-6-5-10-8;1-6-2-3-7-8(4-6)10-5-9-7;1-6-3-2-4-7-8(6)10-5-9-7;4*1-2/h2-3,6H,4-5H2,1H3;2-4H,5-6H2,1H3;2*2-4H,5H2,1H3;4*1-2H3. The normalized spacial score (nSPS) is 12.4. The molecule has 276 valence electrons. The van der Waals surface area contributed by atoms with E-state index in [1.54, 1.807) is 0 Å². The van der Waals surface area contributed by atoms with Crippen molar-refractivity contribution < 1.29 is 37.9 Å². The van der Waals surface area contributed by atoms with E-state index in [0.29, 0.717) is 40.0 Å². The Morgan fingerprint density at radius 1 is 0.340 bits per heavy atom. The highest BCUT2D eigenvalue weighted by atomic mass is 16.7. The van der Waals surface area contributed by atoms with Crippen LogP contribution in [0.25, 0.3) is 0 Å². The Kier molecular flexibility index (Phi) is 21.9. The second-order valence-corrected chi connectivity index (χ2v) is 9.91. The van der Waals surface area contributed by atoms with Crippen molar-refractivity contribution in [3.05, 3.63) is 95.1 Å². The maximum Gasteiger partial charge on any atom is 0.231 e. The summed E-state index contributed by atoms with van der Waals surface area (Å²) in [6.45, 7) is 27.5. The fourth-order valence-electron chi connectivity index (χ4n) is 4.45. The molecule has 8 nitrogen and oxygen atoms in total. The van der Waals surface area contributed by atoms with Gasteiger partial charge < -0.3 is 37.9 Å². The summed E-state index contributed by atoms with van der Waals surface area (Å²) in [5, 5.41) is 0. The highest BCUT2D eigenvalue weighted by Gasteiger charge is 2.14. The van der Waals surface area contributed by atoms with Gasteiger partial charge in [-0.25, -0.2) is 0 Å². The van der Waals surface area contributed by atoms with E-state index in [2.05, 4.69) is 0 Å². The zero-order chi connectivity index (χ0) is 37.3. The van der Waals surface area contributed by atoms with E-state index in [4.69, 9.17) is 37.9 Å². The molecule has 0 bridgehead atoms. The molecule has 0 atom stereocenters. The fraction of sp³-hybridized carbons (Fsp3) is 0.429. The SMILES string of the molecule is CC.CC.CC.CC.Cc1ccc2c(c1)OCCO2.Cc1ccc2c(c1)OCO2.Cc1cccc2c1OCCO2.Cc1cccc2c1OCO2. The molecule has 4 aliphatic heterocycles. The molecule has 0 saturated heterocycles. The molecule has 0 N–H and O–H groups in total. The molecule has 0 amide bonds. The molecule has 0 aliphatic carbocycles. The van der Waals surface area contributed by atoms with E-state index in [9.17, 15) is 0 Å². The van der Waals surface area contributed by atoms with Gasteiger partial charge in [0.2, 0.25) is 13.6 Å². The minimum atomic E-state index is 0.360. The van der Waals surface area contributed by atoms with Gasteiger partial charge >= 0.3 is 0 Å². The number of hydrogen-bond donors (Lipinski definition) is 0. The van der Waals surface area contributed by atoms with Crippen molar-refractivity contribution in [3.63, 3.8) is 0 Å². The van der Waals surface area contributed by atoms with Gasteiger partial charge in [0.25, 0.3) is 0 Å². The molecule has 8 rings (SSSR count). The van der Waals surface area contributed by atoms with Crippen molar-refractivity contribution in [1.82, 2.24) is 0 Å². The summed E-state index contributed by atoms with van der Waals surface area (Å²) >= 11 is 0. The van der Waals surface area contributed by atoms with E-state index in [0.717, 1.165) is 57.1 Å². The summed E-state index contributed by atoms with van der Waals surface area (Å²) in [7, 11) is 0. The largest absolute Gasteiger partial charge is 0.486 e. The molecule has 0 spiro atoms. The van der Waals surface area contributed by atoms with Gasteiger partial charge in [-0.1, -0.05) is 91.8 Å². The summed E-state index contributed by atoms with van der Waals surface area (Å²) in [6.07, 6.45) is 0. The number of hydrogen-bond acceptors (Lipinski definition) is 8. The van der Waals surface area contributed by atoms with Crippen LogP contribution in [0.3, 0.4) is 0 Å². The Morgan fingerprint density at radius 2 is 0.700 bits per heavy atom. The number of fused-ring (bicyclic) bond motifs is 4. The monoisotopic (exact) mass is 692 g/mol. The molecule has 8 heteroatoms. The molecule has 0 radical (unpaired) electrons. The van der Waals surface area contributed by atoms with Gasteiger partial charge in [0.15, 0.2) is 46.0 Å². The first-order chi connectivity index (χ1) is 24.5. The number of aryl methyl sites for hydroxylation is 4. The van der Waals surface area contributed by atoms with Crippen molar-refractivity contribution >= 4 is 0 Å². The number of ether oxygens (including phenoxy) is 8. The zero-order valence-electron chi connectivity index (χ0n) is 32.4. The molecule has 4 aromatic carbocycles. The maximum absolute atomic E-state index is 5.43. The van der Waals surface area contributed by atoms with Crippen LogP contribution in [0.2, 0.25) is 0 Å². The van der Waals surface area contributed by atoms with Gasteiger partial charge in [-0.2, -0.15) is 0 Å². The number of para-hydroxylation sites is 2. The lowest BCUT2D eigenvalue weighted by molar-refractivity contribution is 0.170. The summed E-state index contributed by atoms with van der Waals surface area (Å²) in [5.74, 6) is 6.97. The van der Waals surface area contributed by atoms with E-state index in [1.165, 1.54) is 11.1 Å². The third-order valence-electron chi connectivity index (χ3n) is 6.58. The Labute approximate surface area is 301 Å². The number of benzene rings is 4. The van der Waals surface area contributed by atoms with Gasteiger partial charge in [0, 0.05) is 0 Å². The zero-order valence-corrected chi connectivity index (χ0v) is 32.4. The fourth-order valence-corrected chi connectivity index (χ4v) is 4.45. The van der Waals surface area contributed by atoms with Crippen LogP contribution in [0.5, 0.6) is 46.0 Å². The van der Waals surface area contributed by atoms with Crippen molar-refractivity contribution in [2.24, 2.45) is 0 Å². The predicted molar refractivity (Wildman–Crippen MR) is 204 cm³/mol. The van der Waals surface area contributed by atoms with E-state index in [1.807, 2.05) is 156 Å². The van der Waals surface area contributed by atoms with Crippen molar-refractivity contribution in [2.45, 2.75) is 83.1 Å². The second-order valence-electron chi connectivity index (χ2n) is 9.91. The first-order valence-corrected chi connectivity index (χ1v) is 17.9. The van der Waals surface area contributed by atoms with Gasteiger partial charge in [-0.15, -0.1) is 0 Å². The molecular weight excluding hydrogens is 632 g/mol. The molecule has 4 heterocycles. The smallest absolute Gasteiger partial charge is 0.231 e. The molecule has 0 aromatic heterocycles. The molecule has 4 aromatic rings. The van der Waals surface area contributed by atoms with Crippen LogP contribution in [0.15, 0.2) is 72.8 Å². The average Bonchev–Trinajstić information content (AvgIpc) is 3.87. The second kappa shape index (κ2) is 25.3. The quantitative estimate of drug-likeness (QED) is 0.180. The van der Waals surface area contributed by atoms with Crippen LogP contribution >= 0.6 is 0 Å². The van der Waals surface area contributed by atoms with Crippen LogP contribution in [0.4, 0.5) is 0 Å². The Hall–Kier alpha value is -4.72. The summed E-state index contributed by atoms with van der Waals surface area (Å²) in [6, 6.07) is 23.7. The lowest BCUT2D eigenvalue weighted by Crippen LogP contribution is -2.15. The van der Waals surface area contributed by atoms with Crippen LogP contribution in [-0.4, -0.2) is 40.0 Å². The highest BCUT2D eigenvalue weighted by Crippen LogP contribution is 2.35. The van der Waals surface area contributed by atoms with Crippen molar-refractivity contribution in [2.75, 3.05) is 40.0 Å². The van der Waals surface area contributed by atoms with Crippen LogP contribution in [-0.2, 0) is 0 Å². The van der Waals surface area contributed by atoms with Gasteiger partial charge in [-0.05, 0) is 86.3 Å². The Bertz CT molecular complexity index is 1500. The van der Waals surface area contributed by atoms with Crippen molar-refractivity contribution in [1.29, 1.82) is 0 Å². The summed E-state index contributed by atoms with van der Waals surface area (Å²) in [4.78, 5) is 0. The highest BCUT2D eigenvalue weighted by molar-refractivity contribution is 5.48. The van der Waals surface area contributed by atoms with Crippen LogP contribution < -0.4 is 37.9 Å². The lowest BCUT2D eigenvalue weighted by Gasteiger charge is -2.19.